The van der Waals surface area contributed by atoms with Crippen LogP contribution in [0.15, 0.2) is 30.3 Å². The monoisotopic (exact) mass is 233 g/mol. The van der Waals surface area contributed by atoms with E-state index in [1.54, 1.807) is 0 Å². The van der Waals surface area contributed by atoms with Gasteiger partial charge < -0.3 is 5.11 Å². The van der Waals surface area contributed by atoms with E-state index >= 15 is 0 Å². The Labute approximate surface area is 102 Å². The Kier molecular flexibility index (Phi) is 2.69. The molecule has 17 heavy (non-hydrogen) atoms. The molecule has 1 aromatic rings. The first-order valence-corrected chi connectivity index (χ1v) is 6.33. The molecule has 1 saturated carbocycles. The summed E-state index contributed by atoms with van der Waals surface area (Å²) in [5, 5.41) is 11.8. The van der Waals surface area contributed by atoms with Gasteiger partial charge in [0.15, 0.2) is 0 Å². The number of hydroxylamine groups is 2. The third-order valence-corrected chi connectivity index (χ3v) is 4.36. The normalized spacial score (nSPS) is 37.3. The van der Waals surface area contributed by atoms with Crippen molar-refractivity contribution in [1.82, 2.24) is 5.06 Å². The van der Waals surface area contributed by atoms with E-state index in [4.69, 9.17) is 4.84 Å². The lowest BCUT2D eigenvalue weighted by Crippen LogP contribution is -2.36. The van der Waals surface area contributed by atoms with Crippen LogP contribution in [0.2, 0.25) is 0 Å². The third-order valence-electron chi connectivity index (χ3n) is 4.36. The summed E-state index contributed by atoms with van der Waals surface area (Å²) in [4.78, 5) is 5.92. The van der Waals surface area contributed by atoms with E-state index in [2.05, 4.69) is 24.3 Å². The fourth-order valence-electron chi connectivity index (χ4n) is 3.60. The van der Waals surface area contributed by atoms with E-state index in [1.165, 1.54) is 5.56 Å². The van der Waals surface area contributed by atoms with Gasteiger partial charge in [0.1, 0.15) is 0 Å². The van der Waals surface area contributed by atoms with Crippen LogP contribution in [0, 0.1) is 5.41 Å². The summed E-state index contributed by atoms with van der Waals surface area (Å²) in [6.45, 7) is 0.210. The summed E-state index contributed by atoms with van der Waals surface area (Å²) in [6, 6.07) is 10.6. The van der Waals surface area contributed by atoms with E-state index in [-0.39, 0.29) is 24.2 Å². The molecule has 1 N–H and O–H groups in total. The van der Waals surface area contributed by atoms with Gasteiger partial charge in [-0.1, -0.05) is 30.3 Å². The molecule has 92 valence electrons. The van der Waals surface area contributed by atoms with Crippen molar-refractivity contribution < 1.29 is 9.94 Å². The Balaban J connectivity index is 2.02. The van der Waals surface area contributed by atoms with Crippen molar-refractivity contribution >= 4 is 0 Å². The number of hydrogen-bond donors (Lipinski definition) is 1. The Hall–Kier alpha value is -0.900. The van der Waals surface area contributed by atoms with Gasteiger partial charge >= 0.3 is 0 Å². The molecule has 0 bridgehead atoms. The number of nitrogens with zero attached hydrogens (tertiary/aromatic N) is 1. The molecule has 1 aliphatic heterocycles. The summed E-state index contributed by atoms with van der Waals surface area (Å²) in [5.41, 5.74) is 1.14. The molecule has 0 radical (unpaired) electrons. The maximum Gasteiger partial charge on any atom is 0.0890 e. The molecule has 3 atom stereocenters. The maximum atomic E-state index is 9.87. The lowest BCUT2D eigenvalue weighted by Gasteiger charge is -2.32. The SMILES string of the molecule is CN1O[C@@H]2CCC[C@]2(CO)[C@H]1c1ccccc1. The van der Waals surface area contributed by atoms with E-state index in [9.17, 15) is 5.11 Å². The molecule has 2 fully saturated rings. The van der Waals surface area contributed by atoms with Crippen LogP contribution in [0.1, 0.15) is 30.9 Å². The van der Waals surface area contributed by atoms with Gasteiger partial charge in [0.05, 0.1) is 18.8 Å². The van der Waals surface area contributed by atoms with Gasteiger partial charge in [0, 0.05) is 12.5 Å². The van der Waals surface area contributed by atoms with Crippen LogP contribution >= 0.6 is 0 Å². The zero-order valence-electron chi connectivity index (χ0n) is 10.2. The van der Waals surface area contributed by atoms with Crippen molar-refractivity contribution in [3.05, 3.63) is 35.9 Å². The molecule has 0 spiro atoms. The number of benzene rings is 1. The Morgan fingerprint density at radius 3 is 2.88 bits per heavy atom. The number of hydrogen-bond acceptors (Lipinski definition) is 3. The van der Waals surface area contributed by atoms with Crippen LogP contribution in [-0.4, -0.2) is 29.9 Å². The van der Waals surface area contributed by atoms with Gasteiger partial charge in [0.25, 0.3) is 0 Å². The van der Waals surface area contributed by atoms with E-state index in [1.807, 2.05) is 18.2 Å². The van der Waals surface area contributed by atoms with Crippen molar-refractivity contribution in [1.29, 1.82) is 0 Å². The van der Waals surface area contributed by atoms with Crippen molar-refractivity contribution in [2.75, 3.05) is 13.7 Å². The first-order valence-electron chi connectivity index (χ1n) is 6.33. The molecule has 1 heterocycles. The molecule has 2 aliphatic rings. The first kappa shape index (κ1) is 11.2. The summed E-state index contributed by atoms with van der Waals surface area (Å²) >= 11 is 0. The van der Waals surface area contributed by atoms with Gasteiger partial charge in [-0.3, -0.25) is 4.84 Å². The minimum atomic E-state index is -0.101. The number of rotatable bonds is 2. The lowest BCUT2D eigenvalue weighted by molar-refractivity contribution is -0.145. The van der Waals surface area contributed by atoms with Crippen LogP contribution < -0.4 is 0 Å². The summed E-state index contributed by atoms with van der Waals surface area (Å²) in [5.74, 6) is 0. The standard InChI is InChI=1S/C14H19NO2/c1-15-13(11-6-3-2-4-7-11)14(10-16)9-5-8-12(14)17-15/h2-4,6-7,12-13,16H,5,8-10H2,1H3/t12-,13-,14-/m1/s1. The number of aliphatic hydroxyl groups excluding tert-OH is 1. The minimum Gasteiger partial charge on any atom is -0.396 e. The quantitative estimate of drug-likeness (QED) is 0.849. The van der Waals surface area contributed by atoms with Crippen LogP contribution in [-0.2, 0) is 4.84 Å². The molecule has 1 aliphatic carbocycles. The highest BCUT2D eigenvalue weighted by atomic mass is 16.7. The van der Waals surface area contributed by atoms with Crippen LogP contribution in [0.3, 0.4) is 0 Å². The average molecular weight is 233 g/mol. The fourth-order valence-corrected chi connectivity index (χ4v) is 3.60. The van der Waals surface area contributed by atoms with Crippen LogP contribution in [0.5, 0.6) is 0 Å². The van der Waals surface area contributed by atoms with Gasteiger partial charge in [-0.05, 0) is 24.8 Å². The van der Waals surface area contributed by atoms with Gasteiger partial charge in [-0.15, -0.1) is 0 Å². The first-order chi connectivity index (χ1) is 8.28. The van der Waals surface area contributed by atoms with Crippen molar-refractivity contribution in [3.8, 4) is 0 Å². The Morgan fingerprint density at radius 2 is 2.18 bits per heavy atom. The Bertz CT molecular complexity index is 394. The molecule has 3 heteroatoms. The van der Waals surface area contributed by atoms with Crippen molar-refractivity contribution in [2.24, 2.45) is 5.41 Å². The highest BCUT2D eigenvalue weighted by Crippen LogP contribution is 2.55. The second kappa shape index (κ2) is 4.09. The van der Waals surface area contributed by atoms with Crippen LogP contribution in [0.25, 0.3) is 0 Å². The average Bonchev–Trinajstić information content (AvgIpc) is 2.85. The topological polar surface area (TPSA) is 32.7 Å². The smallest absolute Gasteiger partial charge is 0.0890 e. The molecular formula is C14H19NO2. The predicted molar refractivity (Wildman–Crippen MR) is 65.2 cm³/mol. The molecule has 0 unspecified atom stereocenters. The molecule has 1 aromatic carbocycles. The Morgan fingerprint density at radius 1 is 1.41 bits per heavy atom. The lowest BCUT2D eigenvalue weighted by atomic mass is 9.75. The van der Waals surface area contributed by atoms with E-state index < -0.39 is 0 Å². The highest BCUT2D eigenvalue weighted by Gasteiger charge is 2.57. The van der Waals surface area contributed by atoms with Gasteiger partial charge in [-0.25, -0.2) is 0 Å². The highest BCUT2D eigenvalue weighted by molar-refractivity contribution is 5.24. The molecule has 0 aromatic heterocycles. The van der Waals surface area contributed by atoms with Gasteiger partial charge in [0.2, 0.25) is 0 Å². The van der Waals surface area contributed by atoms with Gasteiger partial charge in [-0.2, -0.15) is 5.06 Å². The van der Waals surface area contributed by atoms with Crippen molar-refractivity contribution in [2.45, 2.75) is 31.4 Å². The molecule has 3 nitrogen and oxygen atoms in total. The molecule has 1 saturated heterocycles. The van der Waals surface area contributed by atoms with E-state index in [0.717, 1.165) is 19.3 Å². The van der Waals surface area contributed by atoms with Crippen LogP contribution in [0.4, 0.5) is 0 Å². The molecular weight excluding hydrogens is 214 g/mol. The zero-order valence-corrected chi connectivity index (χ0v) is 10.2. The fraction of sp³-hybridized carbons (Fsp3) is 0.571. The summed E-state index contributed by atoms with van der Waals surface area (Å²) in [6.07, 6.45) is 3.46. The maximum absolute atomic E-state index is 9.87. The second-order valence-electron chi connectivity index (χ2n) is 5.24. The number of fused-ring (bicyclic) bond motifs is 1. The third kappa shape index (κ3) is 1.53. The minimum absolute atomic E-state index is 0.101. The number of aliphatic hydroxyl groups is 1. The van der Waals surface area contributed by atoms with Crippen molar-refractivity contribution in [3.63, 3.8) is 0 Å². The largest absolute Gasteiger partial charge is 0.396 e. The second-order valence-corrected chi connectivity index (χ2v) is 5.24. The molecule has 3 rings (SSSR count). The molecule has 0 amide bonds. The van der Waals surface area contributed by atoms with E-state index in [0.29, 0.717) is 0 Å². The summed E-state index contributed by atoms with van der Waals surface area (Å²) in [7, 11) is 1.98. The zero-order chi connectivity index (χ0) is 11.9. The summed E-state index contributed by atoms with van der Waals surface area (Å²) < 4.78 is 0. The predicted octanol–water partition coefficient (Wildman–Crippen LogP) is 2.14.